The van der Waals surface area contributed by atoms with Crippen LogP contribution in [0.5, 0.6) is 11.5 Å². The van der Waals surface area contributed by atoms with Gasteiger partial charge >= 0.3 is 5.97 Å². The summed E-state index contributed by atoms with van der Waals surface area (Å²) in [6, 6.07) is 19.5. The van der Waals surface area contributed by atoms with Gasteiger partial charge < -0.3 is 9.47 Å². The summed E-state index contributed by atoms with van der Waals surface area (Å²) < 4.78 is 12.5. The van der Waals surface area contributed by atoms with E-state index in [1.165, 1.54) is 24.7 Å². The Morgan fingerprint density at radius 2 is 1.82 bits per heavy atom. The van der Waals surface area contributed by atoms with E-state index in [1.54, 1.807) is 36.4 Å². The molecule has 0 saturated carbocycles. The summed E-state index contributed by atoms with van der Waals surface area (Å²) in [5.41, 5.74) is 3.58. The first kappa shape index (κ1) is 23.0. The highest BCUT2D eigenvalue weighted by molar-refractivity contribution is 9.10. The van der Waals surface area contributed by atoms with Crippen molar-refractivity contribution in [3.8, 4) is 11.5 Å². The molecule has 0 aliphatic heterocycles. The van der Waals surface area contributed by atoms with Gasteiger partial charge in [0.1, 0.15) is 4.88 Å². The fourth-order valence-electron chi connectivity index (χ4n) is 3.01. The van der Waals surface area contributed by atoms with E-state index in [9.17, 15) is 9.59 Å². The number of carbonyl (C=O) groups excluding carboxylic acids is 2. The van der Waals surface area contributed by atoms with Crippen LogP contribution in [0.3, 0.4) is 0 Å². The predicted octanol–water partition coefficient (Wildman–Crippen LogP) is 6.31. The van der Waals surface area contributed by atoms with Crippen LogP contribution in [0.1, 0.15) is 25.6 Å². The summed E-state index contributed by atoms with van der Waals surface area (Å²) in [6.45, 7) is 0. The minimum atomic E-state index is -0.568. The molecular weight excluding hydrogens is 528 g/mol. The number of hydrogen-bond acceptors (Lipinski definition) is 6. The molecule has 33 heavy (non-hydrogen) atoms. The number of benzene rings is 3. The fraction of sp³-hybridized carbons (Fsp3) is 0.0417. The van der Waals surface area contributed by atoms with Gasteiger partial charge in [-0.1, -0.05) is 41.9 Å². The first-order valence-electron chi connectivity index (χ1n) is 9.63. The van der Waals surface area contributed by atoms with Crippen LogP contribution >= 0.6 is 38.9 Å². The van der Waals surface area contributed by atoms with Gasteiger partial charge in [0.05, 0.1) is 23.9 Å². The van der Waals surface area contributed by atoms with Gasteiger partial charge in [0.25, 0.3) is 5.91 Å². The summed E-state index contributed by atoms with van der Waals surface area (Å²) in [5, 5.41) is 5.15. The number of nitrogens with zero attached hydrogens (tertiary/aromatic N) is 1. The number of hydrazone groups is 1. The van der Waals surface area contributed by atoms with Gasteiger partial charge in [-0.25, -0.2) is 10.2 Å². The number of halogens is 2. The van der Waals surface area contributed by atoms with Crippen molar-refractivity contribution in [1.82, 2.24) is 5.43 Å². The van der Waals surface area contributed by atoms with Gasteiger partial charge in [-0.2, -0.15) is 5.10 Å². The molecule has 1 aromatic heterocycles. The first-order chi connectivity index (χ1) is 16.0. The number of methoxy groups -OCH3 is 1. The maximum Gasteiger partial charge on any atom is 0.355 e. The number of ether oxygens (including phenoxy) is 2. The number of esters is 1. The van der Waals surface area contributed by atoms with E-state index in [-0.39, 0.29) is 11.7 Å². The molecule has 1 amide bonds. The van der Waals surface area contributed by atoms with Crippen LogP contribution < -0.4 is 14.9 Å². The van der Waals surface area contributed by atoms with Crippen molar-refractivity contribution >= 4 is 67.0 Å². The summed E-state index contributed by atoms with van der Waals surface area (Å²) in [4.78, 5) is 25.3. The third kappa shape index (κ3) is 5.08. The van der Waals surface area contributed by atoms with E-state index < -0.39 is 5.97 Å². The number of thiophene rings is 1. The SMILES string of the molecule is COc1cc(/C=N\NC(=O)c2ccccc2Br)ccc1OC(=O)c1sc2ccccc2c1Cl. The molecule has 0 aliphatic rings. The zero-order valence-corrected chi connectivity index (χ0v) is 20.3. The largest absolute Gasteiger partial charge is 0.493 e. The van der Waals surface area contributed by atoms with Gasteiger partial charge in [0.15, 0.2) is 11.5 Å². The molecule has 0 radical (unpaired) electrons. The third-order valence-electron chi connectivity index (χ3n) is 4.61. The molecule has 0 aliphatic carbocycles. The lowest BCUT2D eigenvalue weighted by atomic mass is 10.2. The lowest BCUT2D eigenvalue weighted by Gasteiger charge is -2.09. The lowest BCUT2D eigenvalue weighted by Crippen LogP contribution is -2.18. The summed E-state index contributed by atoms with van der Waals surface area (Å²) in [5.74, 6) is -0.342. The Hall–Kier alpha value is -3.20. The topological polar surface area (TPSA) is 77.0 Å². The maximum absolute atomic E-state index is 12.7. The molecular formula is C24H16BrClN2O4S. The van der Waals surface area contributed by atoms with Crippen molar-refractivity contribution in [2.24, 2.45) is 5.10 Å². The second-order valence-electron chi connectivity index (χ2n) is 6.72. The van der Waals surface area contributed by atoms with Crippen LogP contribution in [0, 0.1) is 0 Å². The molecule has 3 aromatic carbocycles. The Morgan fingerprint density at radius 1 is 1.06 bits per heavy atom. The molecule has 0 spiro atoms. The smallest absolute Gasteiger partial charge is 0.355 e. The van der Waals surface area contributed by atoms with E-state index in [2.05, 4.69) is 26.5 Å². The zero-order valence-electron chi connectivity index (χ0n) is 17.2. The quantitative estimate of drug-likeness (QED) is 0.134. The Balaban J connectivity index is 1.48. The van der Waals surface area contributed by atoms with Gasteiger partial charge in [-0.05, 0) is 57.9 Å². The second-order valence-corrected chi connectivity index (χ2v) is 9.00. The Morgan fingerprint density at radius 3 is 2.58 bits per heavy atom. The van der Waals surface area contributed by atoms with Gasteiger partial charge in [-0.3, -0.25) is 4.79 Å². The van der Waals surface area contributed by atoms with Crippen LogP contribution in [0.2, 0.25) is 5.02 Å². The van der Waals surface area contributed by atoms with Crippen molar-refractivity contribution in [2.75, 3.05) is 7.11 Å². The van der Waals surface area contributed by atoms with Gasteiger partial charge in [0.2, 0.25) is 0 Å². The Labute approximate surface area is 206 Å². The fourth-order valence-corrected chi connectivity index (χ4v) is 4.86. The van der Waals surface area contributed by atoms with Crippen LogP contribution in [0.4, 0.5) is 0 Å². The van der Waals surface area contributed by atoms with Crippen LogP contribution in [0.15, 0.2) is 76.3 Å². The number of carbonyl (C=O) groups is 2. The molecule has 0 saturated heterocycles. The van der Waals surface area contributed by atoms with Gasteiger partial charge in [-0.15, -0.1) is 11.3 Å². The van der Waals surface area contributed by atoms with Crippen molar-refractivity contribution in [1.29, 1.82) is 0 Å². The average Bonchev–Trinajstić information content (AvgIpc) is 3.17. The molecule has 1 N–H and O–H groups in total. The monoisotopic (exact) mass is 542 g/mol. The summed E-state index contributed by atoms with van der Waals surface area (Å²) in [6.07, 6.45) is 1.46. The number of rotatable bonds is 6. The molecule has 4 rings (SSSR count). The molecule has 0 unspecified atom stereocenters. The van der Waals surface area contributed by atoms with Crippen LogP contribution in [-0.2, 0) is 0 Å². The molecule has 1 heterocycles. The zero-order chi connectivity index (χ0) is 23.4. The number of fused-ring (bicyclic) bond motifs is 1. The summed E-state index contributed by atoms with van der Waals surface area (Å²) in [7, 11) is 1.47. The van der Waals surface area contributed by atoms with E-state index >= 15 is 0 Å². The third-order valence-corrected chi connectivity index (χ3v) is 6.96. The van der Waals surface area contributed by atoms with E-state index in [0.717, 1.165) is 10.1 Å². The minimum absolute atomic E-state index is 0.241. The lowest BCUT2D eigenvalue weighted by molar-refractivity contribution is 0.0734. The molecule has 0 bridgehead atoms. The number of amides is 1. The molecule has 6 nitrogen and oxygen atoms in total. The Bertz CT molecular complexity index is 1390. The van der Waals surface area contributed by atoms with Crippen molar-refractivity contribution in [3.63, 3.8) is 0 Å². The number of nitrogens with one attached hydrogen (secondary N) is 1. The molecule has 4 aromatic rings. The molecule has 9 heteroatoms. The van der Waals surface area contributed by atoms with Crippen molar-refractivity contribution in [3.05, 3.63) is 92.2 Å². The second kappa shape index (κ2) is 10.2. The Kier molecular flexibility index (Phi) is 7.08. The average molecular weight is 544 g/mol. The number of hydrogen-bond donors (Lipinski definition) is 1. The van der Waals surface area contributed by atoms with E-state index in [1.807, 2.05) is 30.3 Å². The van der Waals surface area contributed by atoms with E-state index in [0.29, 0.717) is 31.2 Å². The highest BCUT2D eigenvalue weighted by atomic mass is 79.9. The van der Waals surface area contributed by atoms with Gasteiger partial charge in [0, 0.05) is 14.6 Å². The molecule has 0 fully saturated rings. The minimum Gasteiger partial charge on any atom is -0.493 e. The van der Waals surface area contributed by atoms with Crippen molar-refractivity contribution in [2.45, 2.75) is 0 Å². The first-order valence-corrected chi connectivity index (χ1v) is 11.6. The van der Waals surface area contributed by atoms with E-state index in [4.69, 9.17) is 21.1 Å². The standard InChI is InChI=1S/C24H16BrClN2O4S/c1-31-19-12-14(13-27-28-23(29)15-6-2-4-8-17(15)25)10-11-18(19)32-24(30)22-21(26)16-7-3-5-9-20(16)33-22/h2-13H,1H3,(H,28,29)/b27-13-. The van der Waals surface area contributed by atoms with Crippen molar-refractivity contribution < 1.29 is 19.1 Å². The summed E-state index contributed by atoms with van der Waals surface area (Å²) >= 11 is 11.0. The van der Waals surface area contributed by atoms with Crippen LogP contribution in [0.25, 0.3) is 10.1 Å². The highest BCUT2D eigenvalue weighted by Gasteiger charge is 2.20. The normalized spacial score (nSPS) is 11.0. The van der Waals surface area contributed by atoms with Crippen LogP contribution in [-0.4, -0.2) is 25.2 Å². The predicted molar refractivity (Wildman–Crippen MR) is 134 cm³/mol. The molecule has 166 valence electrons. The maximum atomic E-state index is 12.7. The highest BCUT2D eigenvalue weighted by Crippen LogP contribution is 2.37. The molecule has 0 atom stereocenters.